The summed E-state index contributed by atoms with van der Waals surface area (Å²) in [5, 5.41) is -0.691. The summed E-state index contributed by atoms with van der Waals surface area (Å²) in [6.07, 6.45) is 0. The van der Waals surface area contributed by atoms with E-state index < -0.39 is 11.2 Å². The van der Waals surface area contributed by atoms with Crippen LogP contribution in [0.2, 0.25) is 0 Å². The Morgan fingerprint density at radius 2 is 1.67 bits per heavy atom. The third-order valence-corrected chi connectivity index (χ3v) is 3.06. The summed E-state index contributed by atoms with van der Waals surface area (Å²) in [6, 6.07) is 14.0. The van der Waals surface area contributed by atoms with Crippen molar-refractivity contribution >= 4 is 22.8 Å². The van der Waals surface area contributed by atoms with Crippen LogP contribution in [0, 0.1) is 0 Å². The Labute approximate surface area is 127 Å². The molecule has 0 aromatic heterocycles. The SMILES string of the molecule is COC(=O)c1cccc(C(=O)Cl)c1OCc1ccccc1. The van der Waals surface area contributed by atoms with Gasteiger partial charge in [-0.2, -0.15) is 0 Å². The van der Waals surface area contributed by atoms with Crippen molar-refractivity contribution in [2.45, 2.75) is 6.61 Å². The largest absolute Gasteiger partial charge is 0.487 e. The van der Waals surface area contributed by atoms with Crippen LogP contribution in [0.15, 0.2) is 48.5 Å². The molecule has 0 radical (unpaired) electrons. The number of ether oxygens (including phenoxy) is 2. The fourth-order valence-corrected chi connectivity index (χ4v) is 2.00. The van der Waals surface area contributed by atoms with Crippen molar-refractivity contribution in [3.63, 3.8) is 0 Å². The van der Waals surface area contributed by atoms with Gasteiger partial charge in [0.15, 0.2) is 0 Å². The Kier molecular flexibility index (Phi) is 4.95. The van der Waals surface area contributed by atoms with E-state index in [1.54, 1.807) is 6.07 Å². The van der Waals surface area contributed by atoms with E-state index in [2.05, 4.69) is 0 Å². The van der Waals surface area contributed by atoms with Crippen LogP contribution < -0.4 is 4.74 Å². The number of para-hydroxylation sites is 1. The van der Waals surface area contributed by atoms with E-state index in [9.17, 15) is 9.59 Å². The minimum absolute atomic E-state index is 0.133. The molecule has 108 valence electrons. The molecule has 2 aromatic carbocycles. The Bertz CT molecular complexity index is 653. The minimum atomic E-state index is -0.691. The van der Waals surface area contributed by atoms with Crippen molar-refractivity contribution in [2.24, 2.45) is 0 Å². The number of esters is 1. The molecule has 0 aliphatic rings. The van der Waals surface area contributed by atoms with Gasteiger partial charge in [0.25, 0.3) is 5.24 Å². The topological polar surface area (TPSA) is 52.6 Å². The van der Waals surface area contributed by atoms with Gasteiger partial charge in [0, 0.05) is 0 Å². The highest BCUT2D eigenvalue weighted by Crippen LogP contribution is 2.27. The molecule has 2 rings (SSSR count). The number of methoxy groups -OCH3 is 1. The van der Waals surface area contributed by atoms with Gasteiger partial charge in [-0.15, -0.1) is 0 Å². The lowest BCUT2D eigenvalue weighted by Crippen LogP contribution is -2.09. The zero-order valence-corrected chi connectivity index (χ0v) is 12.1. The molecule has 0 fully saturated rings. The maximum absolute atomic E-state index is 11.8. The Hall–Kier alpha value is -2.33. The third kappa shape index (κ3) is 3.61. The van der Waals surface area contributed by atoms with Gasteiger partial charge in [-0.25, -0.2) is 4.79 Å². The van der Waals surface area contributed by atoms with E-state index in [1.165, 1.54) is 19.2 Å². The van der Waals surface area contributed by atoms with E-state index in [0.29, 0.717) is 0 Å². The van der Waals surface area contributed by atoms with Crippen molar-refractivity contribution in [3.05, 3.63) is 65.2 Å². The van der Waals surface area contributed by atoms with Crippen molar-refractivity contribution < 1.29 is 19.1 Å². The second-order valence-corrected chi connectivity index (χ2v) is 4.57. The predicted octanol–water partition coefficient (Wildman–Crippen LogP) is 3.43. The van der Waals surface area contributed by atoms with E-state index in [-0.39, 0.29) is 23.5 Å². The number of benzene rings is 2. The van der Waals surface area contributed by atoms with Gasteiger partial charge in [-0.05, 0) is 29.3 Å². The lowest BCUT2D eigenvalue weighted by molar-refractivity contribution is 0.0595. The number of carbonyl (C=O) groups is 2. The molecule has 0 saturated carbocycles. The van der Waals surface area contributed by atoms with Gasteiger partial charge in [-0.1, -0.05) is 36.4 Å². The van der Waals surface area contributed by atoms with Crippen molar-refractivity contribution in [3.8, 4) is 5.75 Å². The molecule has 0 atom stereocenters. The molecule has 2 aromatic rings. The minimum Gasteiger partial charge on any atom is -0.487 e. The number of carbonyl (C=O) groups excluding carboxylic acids is 2. The maximum atomic E-state index is 11.8. The van der Waals surface area contributed by atoms with Crippen LogP contribution in [0.3, 0.4) is 0 Å². The lowest BCUT2D eigenvalue weighted by Gasteiger charge is -2.13. The van der Waals surface area contributed by atoms with Crippen LogP contribution in [0.25, 0.3) is 0 Å². The van der Waals surface area contributed by atoms with E-state index in [1.807, 2.05) is 30.3 Å². The van der Waals surface area contributed by atoms with E-state index in [0.717, 1.165) is 5.56 Å². The van der Waals surface area contributed by atoms with Crippen LogP contribution in [0.1, 0.15) is 26.3 Å². The summed E-state index contributed by atoms with van der Waals surface area (Å²) in [6.45, 7) is 0.214. The van der Waals surface area contributed by atoms with Crippen LogP contribution >= 0.6 is 11.6 Å². The maximum Gasteiger partial charge on any atom is 0.341 e. The highest BCUT2D eigenvalue weighted by Gasteiger charge is 2.20. The summed E-state index contributed by atoms with van der Waals surface area (Å²) < 4.78 is 10.3. The molecular formula is C16H13ClO4. The second-order valence-electron chi connectivity index (χ2n) is 4.22. The molecule has 0 saturated heterocycles. The number of hydrogen-bond acceptors (Lipinski definition) is 4. The van der Waals surface area contributed by atoms with Gasteiger partial charge in [0.2, 0.25) is 0 Å². The second kappa shape index (κ2) is 6.90. The van der Waals surface area contributed by atoms with Crippen molar-refractivity contribution in [1.82, 2.24) is 0 Å². The van der Waals surface area contributed by atoms with Crippen molar-refractivity contribution in [2.75, 3.05) is 7.11 Å². The monoisotopic (exact) mass is 304 g/mol. The number of halogens is 1. The van der Waals surface area contributed by atoms with Crippen LogP contribution in [0.5, 0.6) is 5.75 Å². The third-order valence-electron chi connectivity index (χ3n) is 2.86. The van der Waals surface area contributed by atoms with Gasteiger partial charge < -0.3 is 9.47 Å². The highest BCUT2D eigenvalue weighted by atomic mass is 35.5. The molecule has 0 heterocycles. The first-order chi connectivity index (χ1) is 10.1. The summed E-state index contributed by atoms with van der Waals surface area (Å²) in [5.74, 6) is -0.453. The Morgan fingerprint density at radius 1 is 1.00 bits per heavy atom. The number of rotatable bonds is 5. The van der Waals surface area contributed by atoms with Crippen molar-refractivity contribution in [1.29, 1.82) is 0 Å². The fourth-order valence-electron chi connectivity index (χ4n) is 1.85. The van der Waals surface area contributed by atoms with E-state index >= 15 is 0 Å². The molecule has 4 nitrogen and oxygen atoms in total. The molecule has 0 aliphatic carbocycles. The normalized spacial score (nSPS) is 10.0. The van der Waals surface area contributed by atoms with Crippen LogP contribution in [-0.2, 0) is 11.3 Å². The zero-order chi connectivity index (χ0) is 15.2. The molecule has 5 heteroatoms. The van der Waals surface area contributed by atoms with Gasteiger partial charge in [0.05, 0.1) is 12.7 Å². The summed E-state index contributed by atoms with van der Waals surface area (Å²) >= 11 is 5.54. The average Bonchev–Trinajstić information content (AvgIpc) is 2.52. The smallest absolute Gasteiger partial charge is 0.341 e. The summed E-state index contributed by atoms with van der Waals surface area (Å²) in [4.78, 5) is 23.2. The molecule has 0 N–H and O–H groups in total. The Balaban J connectivity index is 2.35. The molecule has 21 heavy (non-hydrogen) atoms. The van der Waals surface area contributed by atoms with Gasteiger partial charge in [-0.3, -0.25) is 4.79 Å². The first-order valence-corrected chi connectivity index (χ1v) is 6.59. The molecule has 0 amide bonds. The molecule has 0 spiro atoms. The fraction of sp³-hybridized carbons (Fsp3) is 0.125. The first-order valence-electron chi connectivity index (χ1n) is 6.21. The quantitative estimate of drug-likeness (QED) is 0.627. The van der Waals surface area contributed by atoms with Crippen LogP contribution in [-0.4, -0.2) is 18.3 Å². The van der Waals surface area contributed by atoms with E-state index in [4.69, 9.17) is 21.1 Å². The predicted molar refractivity (Wildman–Crippen MR) is 78.7 cm³/mol. The summed E-state index contributed by atoms with van der Waals surface area (Å²) in [5.41, 5.74) is 1.21. The molecule has 0 aliphatic heterocycles. The lowest BCUT2D eigenvalue weighted by atomic mass is 10.1. The Morgan fingerprint density at radius 3 is 2.29 bits per heavy atom. The molecular weight excluding hydrogens is 292 g/mol. The molecule has 0 unspecified atom stereocenters. The summed E-state index contributed by atoms with van der Waals surface area (Å²) in [7, 11) is 1.26. The zero-order valence-electron chi connectivity index (χ0n) is 11.3. The number of hydrogen-bond donors (Lipinski definition) is 0. The average molecular weight is 305 g/mol. The van der Waals surface area contributed by atoms with Gasteiger partial charge in [0.1, 0.15) is 17.9 Å². The standard InChI is InChI=1S/C16H13ClO4/c1-20-16(19)13-9-5-8-12(15(17)18)14(13)21-10-11-6-3-2-4-7-11/h2-9H,10H2,1H3. The first kappa shape index (κ1) is 15.1. The van der Waals surface area contributed by atoms with Gasteiger partial charge >= 0.3 is 5.97 Å². The van der Waals surface area contributed by atoms with Crippen LogP contribution in [0.4, 0.5) is 0 Å². The highest BCUT2D eigenvalue weighted by molar-refractivity contribution is 6.68. The molecule has 0 bridgehead atoms.